The van der Waals surface area contributed by atoms with Gasteiger partial charge in [0, 0.05) is 0 Å². The Morgan fingerprint density at radius 1 is 1.31 bits per heavy atom. The first kappa shape index (κ1) is 6.89. The van der Waals surface area contributed by atoms with Gasteiger partial charge < -0.3 is 4.57 Å². The van der Waals surface area contributed by atoms with Crippen LogP contribution < -0.4 is 0 Å². The summed E-state index contributed by atoms with van der Waals surface area (Å²) in [5.74, 6) is 1.08. The first-order valence-electron chi connectivity index (χ1n) is 4.51. The van der Waals surface area contributed by atoms with E-state index in [1.807, 2.05) is 6.07 Å². The number of rotatable bonds is 0. The second-order valence-electron chi connectivity index (χ2n) is 3.43. The van der Waals surface area contributed by atoms with E-state index in [9.17, 15) is 0 Å². The molecule has 13 heavy (non-hydrogen) atoms. The molecule has 0 bridgehead atoms. The average molecular weight is 170 g/mol. The topological polar surface area (TPSA) is 17.8 Å². The molecule has 3 rings (SSSR count). The van der Waals surface area contributed by atoms with Gasteiger partial charge in [0.25, 0.3) is 0 Å². The molecule has 2 nitrogen and oxygen atoms in total. The van der Waals surface area contributed by atoms with Crippen molar-refractivity contribution in [2.45, 2.75) is 13.0 Å². The number of benzene rings is 1. The van der Waals surface area contributed by atoms with Gasteiger partial charge >= 0.3 is 0 Å². The van der Waals surface area contributed by atoms with Crippen LogP contribution in [0.1, 0.15) is 18.8 Å². The van der Waals surface area contributed by atoms with Crippen LogP contribution in [0.2, 0.25) is 0 Å². The van der Waals surface area contributed by atoms with Crippen LogP contribution in [0, 0.1) is 0 Å². The Morgan fingerprint density at radius 3 is 3.08 bits per heavy atom. The van der Waals surface area contributed by atoms with Crippen LogP contribution in [-0.4, -0.2) is 9.55 Å². The van der Waals surface area contributed by atoms with Crippen molar-refractivity contribution in [1.29, 1.82) is 0 Å². The summed E-state index contributed by atoms with van der Waals surface area (Å²) in [7, 11) is 0. The molecule has 1 aliphatic heterocycles. The summed E-state index contributed by atoms with van der Waals surface area (Å²) < 4.78 is 2.26. The maximum absolute atomic E-state index is 4.52. The van der Waals surface area contributed by atoms with Crippen LogP contribution in [0.3, 0.4) is 0 Å². The van der Waals surface area contributed by atoms with Gasteiger partial charge in [-0.3, -0.25) is 0 Å². The highest BCUT2D eigenvalue weighted by Gasteiger charge is 2.16. The van der Waals surface area contributed by atoms with Crippen molar-refractivity contribution in [2.75, 3.05) is 0 Å². The summed E-state index contributed by atoms with van der Waals surface area (Å²) in [6.07, 6.45) is 4.26. The van der Waals surface area contributed by atoms with Gasteiger partial charge in [-0.1, -0.05) is 18.2 Å². The number of aromatic nitrogens is 2. The van der Waals surface area contributed by atoms with E-state index in [1.165, 1.54) is 5.52 Å². The summed E-state index contributed by atoms with van der Waals surface area (Å²) >= 11 is 0. The summed E-state index contributed by atoms with van der Waals surface area (Å²) in [5.41, 5.74) is 2.32. The number of allylic oxidation sites excluding steroid dienone is 1. The van der Waals surface area contributed by atoms with E-state index in [0.29, 0.717) is 6.04 Å². The van der Waals surface area contributed by atoms with Crippen LogP contribution in [0.25, 0.3) is 17.1 Å². The Hall–Kier alpha value is -1.57. The highest BCUT2D eigenvalue weighted by Crippen LogP contribution is 2.27. The molecule has 0 amide bonds. The van der Waals surface area contributed by atoms with Crippen molar-refractivity contribution >= 4 is 17.1 Å². The van der Waals surface area contributed by atoms with Crippen LogP contribution in [0.15, 0.2) is 30.3 Å². The van der Waals surface area contributed by atoms with Crippen LogP contribution in [-0.2, 0) is 0 Å². The fourth-order valence-corrected chi connectivity index (χ4v) is 1.92. The van der Waals surface area contributed by atoms with E-state index in [4.69, 9.17) is 0 Å². The predicted octanol–water partition coefficient (Wildman–Crippen LogP) is 2.62. The molecule has 0 saturated heterocycles. The monoisotopic (exact) mass is 170 g/mol. The Morgan fingerprint density at radius 2 is 2.15 bits per heavy atom. The first-order chi connectivity index (χ1) is 6.36. The third-order valence-corrected chi connectivity index (χ3v) is 2.55. The number of hydrogen-bond acceptors (Lipinski definition) is 1. The van der Waals surface area contributed by atoms with Gasteiger partial charge in [0.1, 0.15) is 5.82 Å². The molecular formula is C11H10N2. The standard InChI is InChI=1S/C11H10N2/c1-8-6-7-11-12-9-4-2-3-5-10(9)13(8)11/h2-8H,1H3. The van der Waals surface area contributed by atoms with Gasteiger partial charge in [0.2, 0.25) is 0 Å². The van der Waals surface area contributed by atoms with E-state index < -0.39 is 0 Å². The lowest BCUT2D eigenvalue weighted by atomic mass is 10.3. The van der Waals surface area contributed by atoms with Crippen molar-refractivity contribution in [1.82, 2.24) is 9.55 Å². The molecule has 0 spiro atoms. The second-order valence-corrected chi connectivity index (χ2v) is 3.43. The van der Waals surface area contributed by atoms with E-state index in [0.717, 1.165) is 11.3 Å². The molecule has 0 aliphatic carbocycles. The maximum atomic E-state index is 4.52. The quantitative estimate of drug-likeness (QED) is 0.594. The van der Waals surface area contributed by atoms with Gasteiger partial charge in [0.15, 0.2) is 0 Å². The molecule has 1 aromatic carbocycles. The number of para-hydroxylation sites is 2. The van der Waals surface area contributed by atoms with Crippen LogP contribution in [0.4, 0.5) is 0 Å². The number of imidazole rings is 1. The molecule has 0 N–H and O–H groups in total. The molecule has 0 radical (unpaired) electrons. The van der Waals surface area contributed by atoms with Crippen molar-refractivity contribution in [3.05, 3.63) is 36.2 Å². The molecule has 2 heteroatoms. The Balaban J connectivity index is 2.45. The fourth-order valence-electron chi connectivity index (χ4n) is 1.92. The van der Waals surface area contributed by atoms with Gasteiger partial charge in [-0.25, -0.2) is 4.98 Å². The molecule has 0 fully saturated rings. The lowest BCUT2D eigenvalue weighted by Gasteiger charge is -2.05. The number of fused-ring (bicyclic) bond motifs is 3. The van der Waals surface area contributed by atoms with Crippen molar-refractivity contribution < 1.29 is 0 Å². The summed E-state index contributed by atoms with van der Waals surface area (Å²) in [4.78, 5) is 4.52. The minimum absolute atomic E-state index is 0.447. The largest absolute Gasteiger partial charge is 0.318 e. The first-order valence-corrected chi connectivity index (χ1v) is 4.51. The second kappa shape index (κ2) is 2.22. The Kier molecular flexibility index (Phi) is 1.18. The Labute approximate surface area is 76.5 Å². The van der Waals surface area contributed by atoms with Crippen molar-refractivity contribution in [2.24, 2.45) is 0 Å². The summed E-state index contributed by atoms with van der Waals surface area (Å²) in [6, 6.07) is 8.71. The lowest BCUT2D eigenvalue weighted by molar-refractivity contribution is 0.697. The van der Waals surface area contributed by atoms with E-state index in [2.05, 4.69) is 46.8 Å². The number of nitrogens with zero attached hydrogens (tertiary/aromatic N) is 2. The summed E-state index contributed by atoms with van der Waals surface area (Å²) in [5, 5.41) is 0. The summed E-state index contributed by atoms with van der Waals surface area (Å²) in [6.45, 7) is 2.18. The van der Waals surface area contributed by atoms with Crippen LogP contribution in [0.5, 0.6) is 0 Å². The number of hydrogen-bond donors (Lipinski definition) is 0. The lowest BCUT2D eigenvalue weighted by Crippen LogP contribution is -1.98. The SMILES string of the molecule is CC1C=Cc2nc3ccccc3n21. The van der Waals surface area contributed by atoms with Gasteiger partial charge in [0.05, 0.1) is 17.1 Å². The van der Waals surface area contributed by atoms with E-state index in [-0.39, 0.29) is 0 Å². The van der Waals surface area contributed by atoms with E-state index >= 15 is 0 Å². The normalized spacial score (nSPS) is 19.6. The molecule has 1 unspecified atom stereocenters. The minimum Gasteiger partial charge on any atom is -0.318 e. The third-order valence-electron chi connectivity index (χ3n) is 2.55. The Bertz CT molecular complexity index is 494. The van der Waals surface area contributed by atoms with E-state index in [1.54, 1.807) is 0 Å². The van der Waals surface area contributed by atoms with Crippen molar-refractivity contribution in [3.8, 4) is 0 Å². The van der Waals surface area contributed by atoms with Crippen LogP contribution >= 0.6 is 0 Å². The smallest absolute Gasteiger partial charge is 0.134 e. The zero-order chi connectivity index (χ0) is 8.84. The molecule has 2 heterocycles. The molecule has 1 aromatic heterocycles. The van der Waals surface area contributed by atoms with Gasteiger partial charge in [-0.15, -0.1) is 0 Å². The molecule has 1 aliphatic rings. The fraction of sp³-hybridized carbons (Fsp3) is 0.182. The van der Waals surface area contributed by atoms with Gasteiger partial charge in [-0.2, -0.15) is 0 Å². The van der Waals surface area contributed by atoms with Crippen molar-refractivity contribution in [3.63, 3.8) is 0 Å². The molecule has 64 valence electrons. The highest BCUT2D eigenvalue weighted by atomic mass is 15.1. The minimum atomic E-state index is 0.447. The molecule has 0 saturated carbocycles. The zero-order valence-corrected chi connectivity index (χ0v) is 7.44. The predicted molar refractivity (Wildman–Crippen MR) is 53.5 cm³/mol. The molecule has 1 atom stereocenters. The highest BCUT2D eigenvalue weighted by molar-refractivity contribution is 5.79. The molecule has 2 aromatic rings. The average Bonchev–Trinajstić information content (AvgIpc) is 2.66. The maximum Gasteiger partial charge on any atom is 0.134 e. The van der Waals surface area contributed by atoms with Gasteiger partial charge in [-0.05, 0) is 25.1 Å². The zero-order valence-electron chi connectivity index (χ0n) is 7.44. The third kappa shape index (κ3) is 0.800. The molecular weight excluding hydrogens is 160 g/mol.